The molecule has 1 fully saturated rings. The molecule has 2 rings (SSSR count). The summed E-state index contributed by atoms with van der Waals surface area (Å²) in [5.74, 6) is 0. The molecule has 0 aromatic carbocycles. The number of hydrogen-bond donors (Lipinski definition) is 2. The van der Waals surface area contributed by atoms with Gasteiger partial charge in [-0.25, -0.2) is 0 Å². The molecule has 0 aliphatic carbocycles. The van der Waals surface area contributed by atoms with E-state index in [1.165, 1.54) is 11.3 Å². The molecule has 0 spiro atoms. The van der Waals surface area contributed by atoms with E-state index in [1.807, 2.05) is 6.07 Å². The van der Waals surface area contributed by atoms with Gasteiger partial charge < -0.3 is 15.4 Å². The van der Waals surface area contributed by atoms with Gasteiger partial charge in [-0.3, -0.25) is 0 Å². The quantitative estimate of drug-likeness (QED) is 0.806. The molecule has 1 aromatic rings. The second-order valence-electron chi connectivity index (χ2n) is 3.78. The molecule has 0 saturated carbocycles. The lowest BCUT2D eigenvalue weighted by atomic mass is 10.2. The third-order valence-corrected chi connectivity index (χ3v) is 3.68. The molecule has 2 heterocycles. The van der Waals surface area contributed by atoms with Gasteiger partial charge in [0.05, 0.1) is 12.6 Å². The number of nitrogens with one attached hydrogen (secondary N) is 2. The number of ether oxygens (including phenoxy) is 1. The van der Waals surface area contributed by atoms with Crippen molar-refractivity contribution in [1.29, 1.82) is 0 Å². The second-order valence-corrected chi connectivity index (χ2v) is 5.22. The molecule has 5 heteroatoms. The van der Waals surface area contributed by atoms with E-state index < -0.39 is 0 Å². The molecule has 2 N–H and O–H groups in total. The van der Waals surface area contributed by atoms with E-state index in [1.54, 1.807) is 11.3 Å². The highest BCUT2D eigenvalue weighted by Gasteiger charge is 2.14. The molecule has 16 heavy (non-hydrogen) atoms. The fraction of sp³-hybridized carbons (Fsp3) is 0.545. The zero-order chi connectivity index (χ0) is 11.2. The zero-order valence-corrected chi connectivity index (χ0v) is 10.7. The first-order chi connectivity index (χ1) is 7.84. The van der Waals surface area contributed by atoms with Crippen LogP contribution in [0.5, 0.6) is 0 Å². The van der Waals surface area contributed by atoms with Crippen LogP contribution < -0.4 is 10.6 Å². The highest BCUT2D eigenvalue weighted by atomic mass is 32.1. The van der Waals surface area contributed by atoms with Crippen molar-refractivity contribution in [2.24, 2.45) is 0 Å². The van der Waals surface area contributed by atoms with Gasteiger partial charge >= 0.3 is 0 Å². The Labute approximate surface area is 105 Å². The summed E-state index contributed by atoms with van der Waals surface area (Å²) < 4.78 is 5.51. The Morgan fingerprint density at radius 2 is 2.50 bits per heavy atom. The maximum atomic E-state index is 5.51. The van der Waals surface area contributed by atoms with Crippen LogP contribution in [0.15, 0.2) is 17.5 Å². The molecule has 1 atom stereocenters. The van der Waals surface area contributed by atoms with Crippen molar-refractivity contribution in [2.45, 2.75) is 25.5 Å². The van der Waals surface area contributed by atoms with E-state index in [-0.39, 0.29) is 0 Å². The summed E-state index contributed by atoms with van der Waals surface area (Å²) in [6.07, 6.45) is 2.64. The van der Waals surface area contributed by atoms with E-state index in [0.717, 1.165) is 26.1 Å². The zero-order valence-electron chi connectivity index (χ0n) is 9.07. The lowest BCUT2D eigenvalue weighted by molar-refractivity contribution is 0.114. The number of thiocarbonyl (C=S) groups is 1. The molecule has 1 aromatic heterocycles. The van der Waals surface area contributed by atoms with Crippen LogP contribution in [0.1, 0.15) is 17.7 Å². The molecule has 0 radical (unpaired) electrons. The molecule has 0 amide bonds. The minimum atomic E-state index is 0.335. The van der Waals surface area contributed by atoms with E-state index in [4.69, 9.17) is 17.0 Å². The van der Waals surface area contributed by atoms with Crippen LogP contribution in [0.25, 0.3) is 0 Å². The van der Waals surface area contributed by atoms with Crippen molar-refractivity contribution in [3.05, 3.63) is 22.4 Å². The minimum Gasteiger partial charge on any atom is -0.376 e. The second kappa shape index (κ2) is 6.18. The Kier molecular flexibility index (Phi) is 4.56. The van der Waals surface area contributed by atoms with Crippen molar-refractivity contribution in [3.8, 4) is 0 Å². The smallest absolute Gasteiger partial charge is 0.166 e. The third kappa shape index (κ3) is 3.73. The highest BCUT2D eigenvalue weighted by molar-refractivity contribution is 7.80. The normalized spacial score (nSPS) is 19.6. The molecule has 0 bridgehead atoms. The van der Waals surface area contributed by atoms with Crippen LogP contribution in [0.4, 0.5) is 0 Å². The summed E-state index contributed by atoms with van der Waals surface area (Å²) in [7, 11) is 0. The van der Waals surface area contributed by atoms with Gasteiger partial charge in [-0.1, -0.05) is 6.07 Å². The van der Waals surface area contributed by atoms with Crippen LogP contribution >= 0.6 is 23.6 Å². The number of hydrogen-bond acceptors (Lipinski definition) is 3. The predicted molar refractivity (Wildman–Crippen MR) is 70.7 cm³/mol. The maximum absolute atomic E-state index is 5.51. The molecular weight excluding hydrogens is 240 g/mol. The Balaban J connectivity index is 1.60. The first kappa shape index (κ1) is 11.8. The molecule has 1 aliphatic heterocycles. The number of thiophene rings is 1. The first-order valence-electron chi connectivity index (χ1n) is 5.50. The summed E-state index contributed by atoms with van der Waals surface area (Å²) in [5, 5.41) is 9.15. The lowest BCUT2D eigenvalue weighted by Gasteiger charge is -2.13. The van der Waals surface area contributed by atoms with Crippen molar-refractivity contribution in [3.63, 3.8) is 0 Å². The summed E-state index contributed by atoms with van der Waals surface area (Å²) in [6, 6.07) is 4.14. The third-order valence-electron chi connectivity index (χ3n) is 2.52. The molecule has 0 unspecified atom stereocenters. The fourth-order valence-corrected chi connectivity index (χ4v) is 2.45. The summed E-state index contributed by atoms with van der Waals surface area (Å²) in [4.78, 5) is 1.29. The maximum Gasteiger partial charge on any atom is 0.166 e. The molecule has 1 aliphatic rings. The minimum absolute atomic E-state index is 0.335. The highest BCUT2D eigenvalue weighted by Crippen LogP contribution is 2.10. The van der Waals surface area contributed by atoms with Crippen molar-refractivity contribution < 1.29 is 4.74 Å². The van der Waals surface area contributed by atoms with Gasteiger partial charge in [0.2, 0.25) is 0 Å². The van der Waals surface area contributed by atoms with Crippen LogP contribution in [0, 0.1) is 0 Å². The summed E-state index contributed by atoms with van der Waals surface area (Å²) >= 11 is 6.92. The number of rotatable bonds is 4. The van der Waals surface area contributed by atoms with E-state index in [9.17, 15) is 0 Å². The summed E-state index contributed by atoms with van der Waals surface area (Å²) in [6.45, 7) is 2.51. The fourth-order valence-electron chi connectivity index (χ4n) is 1.65. The van der Waals surface area contributed by atoms with Crippen molar-refractivity contribution in [1.82, 2.24) is 10.6 Å². The first-order valence-corrected chi connectivity index (χ1v) is 6.79. The van der Waals surface area contributed by atoms with E-state index in [2.05, 4.69) is 22.1 Å². The molecule has 1 saturated heterocycles. The van der Waals surface area contributed by atoms with E-state index in [0.29, 0.717) is 11.2 Å². The lowest BCUT2D eigenvalue weighted by Crippen LogP contribution is -2.38. The van der Waals surface area contributed by atoms with E-state index >= 15 is 0 Å². The molecule has 88 valence electrons. The van der Waals surface area contributed by atoms with Crippen molar-refractivity contribution >= 4 is 28.7 Å². The standard InChI is InChI=1S/C11H16N2OS2/c15-11(12-7-9-3-1-5-14-9)13-8-10-4-2-6-16-10/h2,4,6,9H,1,3,5,7-8H2,(H2,12,13,15)/t9-/m1/s1. The van der Waals surface area contributed by atoms with Crippen LogP contribution in [-0.2, 0) is 11.3 Å². The van der Waals surface area contributed by atoms with Gasteiger partial charge in [0.15, 0.2) is 5.11 Å². The Morgan fingerprint density at radius 3 is 3.19 bits per heavy atom. The predicted octanol–water partition coefficient (Wildman–Crippen LogP) is 1.89. The van der Waals surface area contributed by atoms with Crippen LogP contribution in [-0.4, -0.2) is 24.4 Å². The van der Waals surface area contributed by atoms with Gasteiger partial charge in [0, 0.05) is 18.0 Å². The average Bonchev–Trinajstić information content (AvgIpc) is 2.96. The largest absolute Gasteiger partial charge is 0.376 e. The van der Waals surface area contributed by atoms with Gasteiger partial charge in [-0.05, 0) is 36.5 Å². The van der Waals surface area contributed by atoms with Crippen molar-refractivity contribution in [2.75, 3.05) is 13.2 Å². The van der Waals surface area contributed by atoms with Gasteiger partial charge in [-0.2, -0.15) is 0 Å². The summed E-state index contributed by atoms with van der Waals surface area (Å²) in [5.41, 5.74) is 0. The van der Waals surface area contributed by atoms with Gasteiger partial charge in [0.25, 0.3) is 0 Å². The van der Waals surface area contributed by atoms with Gasteiger partial charge in [0.1, 0.15) is 0 Å². The Morgan fingerprint density at radius 1 is 1.56 bits per heavy atom. The van der Waals surface area contributed by atoms with Crippen LogP contribution in [0.3, 0.4) is 0 Å². The molecule has 3 nitrogen and oxygen atoms in total. The average molecular weight is 256 g/mol. The Bertz CT molecular complexity index is 321. The van der Waals surface area contributed by atoms with Crippen LogP contribution in [0.2, 0.25) is 0 Å². The Hall–Kier alpha value is -0.650. The monoisotopic (exact) mass is 256 g/mol. The van der Waals surface area contributed by atoms with Gasteiger partial charge in [-0.15, -0.1) is 11.3 Å². The molecular formula is C11H16N2OS2. The topological polar surface area (TPSA) is 33.3 Å². The SMILES string of the molecule is S=C(NCc1cccs1)NC[C@H]1CCCO1.